The Morgan fingerprint density at radius 3 is 2.32 bits per heavy atom. The first-order chi connectivity index (χ1) is 13.6. The van der Waals surface area contributed by atoms with Crippen molar-refractivity contribution in [3.63, 3.8) is 0 Å². The Morgan fingerprint density at radius 2 is 1.61 bits per heavy atom. The molecule has 0 aliphatic carbocycles. The number of aryl methyl sites for hydroxylation is 1. The van der Waals surface area contributed by atoms with Crippen LogP contribution in [0.15, 0.2) is 72.8 Å². The fraction of sp³-hybridized carbons (Fsp3) is 0.130. The monoisotopic (exact) mass is 374 g/mol. The van der Waals surface area contributed by atoms with Gasteiger partial charge >= 0.3 is 0 Å². The van der Waals surface area contributed by atoms with Gasteiger partial charge < -0.3 is 15.4 Å². The minimum atomic E-state index is -0.313. The predicted molar refractivity (Wildman–Crippen MR) is 111 cm³/mol. The first-order valence-corrected chi connectivity index (χ1v) is 9.05. The number of para-hydroxylation sites is 1. The van der Waals surface area contributed by atoms with Crippen LogP contribution in [0, 0.1) is 0 Å². The molecule has 0 aliphatic heterocycles. The molecule has 142 valence electrons. The van der Waals surface area contributed by atoms with Crippen molar-refractivity contribution in [3.05, 3.63) is 89.5 Å². The summed E-state index contributed by atoms with van der Waals surface area (Å²) in [5.41, 5.74) is 3.18. The highest BCUT2D eigenvalue weighted by atomic mass is 16.5. The smallest absolute Gasteiger partial charge is 0.257 e. The third-order valence-electron chi connectivity index (χ3n) is 4.37. The molecule has 0 saturated carbocycles. The maximum atomic E-state index is 12.7. The van der Waals surface area contributed by atoms with Gasteiger partial charge in [-0.05, 0) is 54.4 Å². The van der Waals surface area contributed by atoms with E-state index in [1.54, 1.807) is 55.6 Å². The Balaban J connectivity index is 1.78. The van der Waals surface area contributed by atoms with Crippen molar-refractivity contribution >= 4 is 23.2 Å². The molecule has 28 heavy (non-hydrogen) atoms. The quantitative estimate of drug-likeness (QED) is 0.653. The van der Waals surface area contributed by atoms with Gasteiger partial charge in [-0.25, -0.2) is 0 Å². The third-order valence-corrected chi connectivity index (χ3v) is 4.37. The Labute approximate surface area is 164 Å². The lowest BCUT2D eigenvalue weighted by Crippen LogP contribution is -2.18. The Morgan fingerprint density at radius 1 is 0.857 bits per heavy atom. The molecule has 2 N–H and O–H groups in total. The summed E-state index contributed by atoms with van der Waals surface area (Å²) in [6.45, 7) is 2.08. The normalized spacial score (nSPS) is 10.2. The zero-order chi connectivity index (χ0) is 19.9. The number of hydrogen-bond donors (Lipinski definition) is 2. The highest BCUT2D eigenvalue weighted by molar-refractivity contribution is 6.12. The second-order valence-corrected chi connectivity index (χ2v) is 6.24. The number of rotatable bonds is 6. The summed E-state index contributed by atoms with van der Waals surface area (Å²) in [5, 5.41) is 5.68. The largest absolute Gasteiger partial charge is 0.497 e. The fourth-order valence-corrected chi connectivity index (χ4v) is 2.77. The van der Waals surface area contributed by atoms with Gasteiger partial charge in [0.25, 0.3) is 11.8 Å². The highest BCUT2D eigenvalue weighted by Crippen LogP contribution is 2.20. The number of nitrogens with one attached hydrogen (secondary N) is 2. The van der Waals surface area contributed by atoms with E-state index in [1.807, 2.05) is 24.3 Å². The van der Waals surface area contributed by atoms with Crippen LogP contribution in [0.2, 0.25) is 0 Å². The highest BCUT2D eigenvalue weighted by Gasteiger charge is 2.14. The molecule has 0 heterocycles. The number of carbonyl (C=O) groups is 2. The SMILES string of the molecule is CCc1ccc(NC(=O)c2ccccc2NC(=O)c2cccc(OC)c2)cc1. The van der Waals surface area contributed by atoms with Gasteiger partial charge in [0.1, 0.15) is 5.75 Å². The number of amides is 2. The van der Waals surface area contributed by atoms with Crippen LogP contribution in [0.3, 0.4) is 0 Å². The molecule has 0 radical (unpaired) electrons. The topological polar surface area (TPSA) is 67.4 Å². The van der Waals surface area contributed by atoms with Crippen LogP contribution in [0.25, 0.3) is 0 Å². The van der Waals surface area contributed by atoms with Crippen molar-refractivity contribution in [1.82, 2.24) is 0 Å². The summed E-state index contributed by atoms with van der Waals surface area (Å²) in [7, 11) is 1.55. The maximum Gasteiger partial charge on any atom is 0.257 e. The predicted octanol–water partition coefficient (Wildman–Crippen LogP) is 4.76. The third kappa shape index (κ3) is 4.57. The van der Waals surface area contributed by atoms with E-state index in [2.05, 4.69) is 17.6 Å². The van der Waals surface area contributed by atoms with Crippen LogP contribution in [-0.4, -0.2) is 18.9 Å². The van der Waals surface area contributed by atoms with Crippen molar-refractivity contribution in [2.75, 3.05) is 17.7 Å². The van der Waals surface area contributed by atoms with E-state index >= 15 is 0 Å². The molecule has 3 rings (SSSR count). The van der Waals surface area contributed by atoms with Crippen LogP contribution >= 0.6 is 0 Å². The van der Waals surface area contributed by atoms with Crippen molar-refractivity contribution in [3.8, 4) is 5.75 Å². The maximum absolute atomic E-state index is 12.7. The van der Waals surface area contributed by atoms with Gasteiger partial charge in [-0.3, -0.25) is 9.59 Å². The molecular weight excluding hydrogens is 352 g/mol. The molecule has 0 spiro atoms. The molecule has 0 atom stereocenters. The van der Waals surface area contributed by atoms with Crippen LogP contribution in [-0.2, 0) is 6.42 Å². The summed E-state index contributed by atoms with van der Waals surface area (Å²) in [6, 6.07) is 21.5. The molecule has 5 heteroatoms. The molecule has 5 nitrogen and oxygen atoms in total. The molecule has 0 saturated heterocycles. The van der Waals surface area contributed by atoms with Gasteiger partial charge in [0.05, 0.1) is 18.4 Å². The average molecular weight is 374 g/mol. The first kappa shape index (κ1) is 19.2. The first-order valence-electron chi connectivity index (χ1n) is 9.05. The lowest BCUT2D eigenvalue weighted by molar-refractivity contribution is 0.102. The van der Waals surface area contributed by atoms with E-state index in [0.717, 1.165) is 6.42 Å². The van der Waals surface area contributed by atoms with E-state index in [0.29, 0.717) is 28.3 Å². The molecule has 0 aliphatic rings. The second-order valence-electron chi connectivity index (χ2n) is 6.24. The van der Waals surface area contributed by atoms with Gasteiger partial charge in [-0.1, -0.05) is 37.3 Å². The average Bonchev–Trinajstić information content (AvgIpc) is 2.74. The van der Waals surface area contributed by atoms with Crippen molar-refractivity contribution in [1.29, 1.82) is 0 Å². The minimum absolute atomic E-state index is 0.286. The lowest BCUT2D eigenvalue weighted by Gasteiger charge is -2.12. The number of carbonyl (C=O) groups excluding carboxylic acids is 2. The van der Waals surface area contributed by atoms with Gasteiger partial charge in [0.2, 0.25) is 0 Å². The zero-order valence-electron chi connectivity index (χ0n) is 15.9. The van der Waals surface area contributed by atoms with Crippen LogP contribution < -0.4 is 15.4 Å². The molecule has 2 amide bonds. The zero-order valence-corrected chi connectivity index (χ0v) is 15.9. The minimum Gasteiger partial charge on any atom is -0.497 e. The fourth-order valence-electron chi connectivity index (χ4n) is 2.77. The number of hydrogen-bond acceptors (Lipinski definition) is 3. The summed E-state index contributed by atoms with van der Waals surface area (Å²) in [6.07, 6.45) is 0.938. The van der Waals surface area contributed by atoms with Gasteiger partial charge in [0.15, 0.2) is 0 Å². The van der Waals surface area contributed by atoms with E-state index in [4.69, 9.17) is 4.74 Å². The lowest BCUT2D eigenvalue weighted by atomic mass is 10.1. The summed E-state index contributed by atoms with van der Waals surface area (Å²) < 4.78 is 5.16. The van der Waals surface area contributed by atoms with E-state index in [-0.39, 0.29) is 11.8 Å². The van der Waals surface area contributed by atoms with Crippen molar-refractivity contribution in [2.45, 2.75) is 13.3 Å². The van der Waals surface area contributed by atoms with E-state index in [1.165, 1.54) is 5.56 Å². The Kier molecular flexibility index (Phi) is 6.07. The van der Waals surface area contributed by atoms with E-state index < -0.39 is 0 Å². The molecule has 3 aromatic carbocycles. The molecule has 0 unspecified atom stereocenters. The molecule has 0 aromatic heterocycles. The van der Waals surface area contributed by atoms with E-state index in [9.17, 15) is 9.59 Å². The molecular formula is C23H22N2O3. The van der Waals surface area contributed by atoms with Gasteiger partial charge in [-0.2, -0.15) is 0 Å². The Bertz CT molecular complexity index is 981. The number of anilines is 2. The van der Waals surface area contributed by atoms with Crippen LogP contribution in [0.5, 0.6) is 5.75 Å². The molecule has 3 aromatic rings. The second kappa shape index (κ2) is 8.86. The van der Waals surface area contributed by atoms with Crippen LogP contribution in [0.1, 0.15) is 33.2 Å². The van der Waals surface area contributed by atoms with Gasteiger partial charge in [0, 0.05) is 11.3 Å². The Hall–Kier alpha value is -3.60. The molecule has 0 fully saturated rings. The summed E-state index contributed by atoms with van der Waals surface area (Å²) in [4.78, 5) is 25.3. The van der Waals surface area contributed by atoms with Gasteiger partial charge in [-0.15, -0.1) is 0 Å². The molecule has 0 bridgehead atoms. The number of methoxy groups -OCH3 is 1. The number of benzene rings is 3. The van der Waals surface area contributed by atoms with Crippen molar-refractivity contribution in [2.24, 2.45) is 0 Å². The summed E-state index contributed by atoms with van der Waals surface area (Å²) in [5.74, 6) is -0.00792. The van der Waals surface area contributed by atoms with Crippen LogP contribution in [0.4, 0.5) is 11.4 Å². The number of ether oxygens (including phenoxy) is 1. The van der Waals surface area contributed by atoms with Crippen molar-refractivity contribution < 1.29 is 14.3 Å². The summed E-state index contributed by atoms with van der Waals surface area (Å²) >= 11 is 0. The standard InChI is InChI=1S/C23H22N2O3/c1-3-16-11-13-18(14-12-16)24-23(27)20-9-4-5-10-21(20)25-22(26)17-7-6-8-19(15-17)28-2/h4-15H,3H2,1-2H3,(H,24,27)(H,25,26).